The number of nitrogens with zero attached hydrogens (tertiary/aromatic N) is 3. The molecule has 0 bridgehead atoms. The highest BCUT2D eigenvalue weighted by Gasteiger charge is 2.22. The highest BCUT2D eigenvalue weighted by Crippen LogP contribution is 2.33. The zero-order valence-corrected chi connectivity index (χ0v) is 24.5. The first-order chi connectivity index (χ1) is 19.6. The summed E-state index contributed by atoms with van der Waals surface area (Å²) in [5.41, 5.74) is 2.61. The van der Waals surface area contributed by atoms with Gasteiger partial charge in [-0.2, -0.15) is 0 Å². The Morgan fingerprint density at radius 3 is 1.80 bits per heavy atom. The number of ether oxygens (including phenoxy) is 1. The molecule has 0 aliphatic heterocycles. The fourth-order valence-corrected chi connectivity index (χ4v) is 4.72. The summed E-state index contributed by atoms with van der Waals surface area (Å²) in [6.07, 6.45) is 4.36. The fraction of sp³-hybridized carbons (Fsp3) is 0.419. The molecule has 0 fully saturated rings. The van der Waals surface area contributed by atoms with E-state index in [4.69, 9.17) is 14.4 Å². The van der Waals surface area contributed by atoms with Gasteiger partial charge < -0.3 is 19.0 Å². The van der Waals surface area contributed by atoms with Crippen LogP contribution in [0.15, 0.2) is 46.7 Å². The number of benzene rings is 2. The molecule has 0 amide bonds. The summed E-state index contributed by atoms with van der Waals surface area (Å²) in [5, 5.41) is 9.17. The third-order valence-electron chi connectivity index (χ3n) is 6.73. The second-order valence-electron chi connectivity index (χ2n) is 9.81. The van der Waals surface area contributed by atoms with Crippen molar-refractivity contribution in [3.63, 3.8) is 0 Å². The summed E-state index contributed by atoms with van der Waals surface area (Å²) >= 11 is 0. The SMILES string of the molecule is CCCCC(CC)Cn1c2ccc(/C(=N/OC(C)=O)C(C)=O)cc2c2cc(/C(=N/OC(C)=O)C(=O)OCC)ccc21. The minimum atomic E-state index is -0.726. The molecular weight excluding hydrogens is 526 g/mol. The number of hydrogen-bond acceptors (Lipinski definition) is 9. The summed E-state index contributed by atoms with van der Waals surface area (Å²) in [5.74, 6) is -1.95. The molecule has 41 heavy (non-hydrogen) atoms. The normalized spacial score (nSPS) is 12.8. The van der Waals surface area contributed by atoms with E-state index < -0.39 is 17.9 Å². The lowest BCUT2D eigenvalue weighted by molar-refractivity contribution is -0.142. The largest absolute Gasteiger partial charge is 0.461 e. The van der Waals surface area contributed by atoms with Gasteiger partial charge in [0.1, 0.15) is 0 Å². The molecule has 3 aromatic rings. The van der Waals surface area contributed by atoms with Crippen LogP contribution in [-0.4, -0.2) is 46.3 Å². The van der Waals surface area contributed by atoms with E-state index in [1.807, 2.05) is 18.2 Å². The van der Waals surface area contributed by atoms with Gasteiger partial charge in [-0.25, -0.2) is 14.4 Å². The van der Waals surface area contributed by atoms with Crippen LogP contribution in [0.3, 0.4) is 0 Å². The van der Waals surface area contributed by atoms with Crippen molar-refractivity contribution in [2.24, 2.45) is 16.2 Å². The number of ketones is 1. The molecule has 0 aliphatic rings. The average Bonchev–Trinajstić information content (AvgIpc) is 3.23. The lowest BCUT2D eigenvalue weighted by Crippen LogP contribution is -2.19. The highest BCUT2D eigenvalue weighted by molar-refractivity contribution is 6.46. The Labute approximate surface area is 239 Å². The Kier molecular flexibility index (Phi) is 10.9. The Balaban J connectivity index is 2.30. The molecule has 1 unspecified atom stereocenters. The topological polar surface area (TPSA) is 126 Å². The molecule has 0 radical (unpaired) electrons. The van der Waals surface area contributed by atoms with Gasteiger partial charge in [0.05, 0.1) is 6.61 Å². The molecule has 2 aromatic carbocycles. The van der Waals surface area contributed by atoms with Gasteiger partial charge in [0.15, 0.2) is 17.2 Å². The van der Waals surface area contributed by atoms with E-state index in [2.05, 4.69) is 28.7 Å². The van der Waals surface area contributed by atoms with Crippen LogP contribution in [0.1, 0.15) is 78.4 Å². The van der Waals surface area contributed by atoms with Crippen molar-refractivity contribution >= 4 is 56.9 Å². The molecule has 218 valence electrons. The van der Waals surface area contributed by atoms with E-state index in [0.29, 0.717) is 17.0 Å². The molecule has 1 aromatic heterocycles. The number of Topliss-reactive ketones (excluding diaryl/α,β-unsaturated/α-hetero) is 1. The van der Waals surface area contributed by atoms with Gasteiger partial charge in [0.25, 0.3) is 0 Å². The van der Waals surface area contributed by atoms with Crippen LogP contribution < -0.4 is 0 Å². The molecule has 0 N–H and O–H groups in total. The highest BCUT2D eigenvalue weighted by atomic mass is 16.7. The quantitative estimate of drug-likeness (QED) is 0.113. The second-order valence-corrected chi connectivity index (χ2v) is 9.81. The van der Waals surface area contributed by atoms with Crippen LogP contribution in [0.2, 0.25) is 0 Å². The van der Waals surface area contributed by atoms with Crippen LogP contribution in [0, 0.1) is 5.92 Å². The van der Waals surface area contributed by atoms with E-state index >= 15 is 0 Å². The minimum absolute atomic E-state index is 0.0113. The van der Waals surface area contributed by atoms with Crippen molar-refractivity contribution in [2.45, 2.75) is 73.8 Å². The smallest absolute Gasteiger partial charge is 0.361 e. The number of carbonyl (C=O) groups is 4. The van der Waals surface area contributed by atoms with Gasteiger partial charge in [-0.1, -0.05) is 55.6 Å². The first-order valence-electron chi connectivity index (χ1n) is 13.9. The molecule has 10 heteroatoms. The van der Waals surface area contributed by atoms with Crippen LogP contribution in [0.5, 0.6) is 0 Å². The Hall–Kier alpha value is -4.34. The first kappa shape index (κ1) is 31.2. The number of hydrogen-bond donors (Lipinski definition) is 0. The molecular formula is C31H37N3O7. The summed E-state index contributed by atoms with van der Waals surface area (Å²) in [4.78, 5) is 57.6. The fourth-order valence-electron chi connectivity index (χ4n) is 4.72. The van der Waals surface area contributed by atoms with Crippen LogP contribution in [0.4, 0.5) is 0 Å². The van der Waals surface area contributed by atoms with Gasteiger partial charge in [0, 0.05) is 60.2 Å². The number of esters is 1. The predicted molar refractivity (Wildman–Crippen MR) is 157 cm³/mol. The van der Waals surface area contributed by atoms with Crippen molar-refractivity contribution in [2.75, 3.05) is 6.61 Å². The average molecular weight is 564 g/mol. The van der Waals surface area contributed by atoms with Crippen molar-refractivity contribution in [3.8, 4) is 0 Å². The summed E-state index contributed by atoms with van der Waals surface area (Å²) < 4.78 is 7.40. The molecule has 0 saturated heterocycles. The molecule has 0 spiro atoms. The van der Waals surface area contributed by atoms with E-state index in [1.54, 1.807) is 25.1 Å². The van der Waals surface area contributed by atoms with Crippen molar-refractivity contribution in [1.82, 2.24) is 4.57 Å². The molecule has 0 saturated carbocycles. The maximum absolute atomic E-state index is 12.7. The molecule has 10 nitrogen and oxygen atoms in total. The number of fused-ring (bicyclic) bond motifs is 3. The molecule has 1 atom stereocenters. The molecule has 1 heterocycles. The van der Waals surface area contributed by atoms with Gasteiger partial charge in [-0.05, 0) is 43.5 Å². The van der Waals surface area contributed by atoms with Crippen LogP contribution >= 0.6 is 0 Å². The second kappa shape index (κ2) is 14.3. The first-order valence-corrected chi connectivity index (χ1v) is 13.9. The number of unbranched alkanes of at least 4 members (excludes halogenated alkanes) is 1. The number of carbonyl (C=O) groups excluding carboxylic acids is 4. The summed E-state index contributed by atoms with van der Waals surface area (Å²) in [7, 11) is 0. The van der Waals surface area contributed by atoms with Crippen molar-refractivity contribution in [3.05, 3.63) is 47.5 Å². The van der Waals surface area contributed by atoms with Crippen LogP contribution in [0.25, 0.3) is 21.8 Å². The van der Waals surface area contributed by atoms with E-state index in [1.165, 1.54) is 20.8 Å². The minimum Gasteiger partial charge on any atom is -0.461 e. The summed E-state index contributed by atoms with van der Waals surface area (Å²) in [6.45, 7) is 10.7. The third kappa shape index (κ3) is 7.65. The lowest BCUT2D eigenvalue weighted by Gasteiger charge is -2.17. The standard InChI is InChI=1S/C31H37N3O7/c1-7-10-11-22(8-2)18-34-27-14-12-23(29(19(4)35)32-40-20(5)36)16-25(27)26-17-24(13-15-28(26)34)30(31(38)39-9-3)33-41-21(6)37/h12-17,22H,7-11,18H2,1-6H3/b32-29+,33-30-. The van der Waals surface area contributed by atoms with Gasteiger partial charge in [-0.15, -0.1) is 0 Å². The zero-order chi connectivity index (χ0) is 30.1. The zero-order valence-electron chi connectivity index (χ0n) is 24.5. The Bertz CT molecular complexity index is 1520. The van der Waals surface area contributed by atoms with E-state index in [9.17, 15) is 19.2 Å². The maximum Gasteiger partial charge on any atom is 0.361 e. The molecule has 3 rings (SSSR count). The number of aromatic nitrogens is 1. The molecule has 0 aliphatic carbocycles. The maximum atomic E-state index is 12.7. The van der Waals surface area contributed by atoms with Crippen molar-refractivity contribution < 1.29 is 33.6 Å². The predicted octanol–water partition coefficient (Wildman–Crippen LogP) is 5.70. The van der Waals surface area contributed by atoms with E-state index in [0.717, 1.165) is 54.0 Å². The van der Waals surface area contributed by atoms with E-state index in [-0.39, 0.29) is 23.8 Å². The number of oxime groups is 2. The Morgan fingerprint density at radius 1 is 0.805 bits per heavy atom. The van der Waals surface area contributed by atoms with Crippen molar-refractivity contribution in [1.29, 1.82) is 0 Å². The number of rotatable bonds is 13. The monoisotopic (exact) mass is 563 g/mol. The van der Waals surface area contributed by atoms with Gasteiger partial charge in [-0.3, -0.25) is 4.79 Å². The van der Waals surface area contributed by atoms with Crippen LogP contribution in [-0.2, 0) is 40.1 Å². The van der Waals surface area contributed by atoms with Gasteiger partial charge in [0.2, 0.25) is 0 Å². The Morgan fingerprint density at radius 2 is 1.34 bits per heavy atom. The van der Waals surface area contributed by atoms with Gasteiger partial charge >= 0.3 is 17.9 Å². The lowest BCUT2D eigenvalue weighted by atomic mass is 9.99. The summed E-state index contributed by atoms with van der Waals surface area (Å²) in [6, 6.07) is 11.0. The third-order valence-corrected chi connectivity index (χ3v) is 6.73.